The second-order valence-corrected chi connectivity index (χ2v) is 6.44. The Hall–Kier alpha value is -2.21. The number of hydrogen-bond acceptors (Lipinski definition) is 4. The highest BCUT2D eigenvalue weighted by Crippen LogP contribution is 2.25. The van der Waals surface area contributed by atoms with Crippen LogP contribution < -0.4 is 0 Å². The second-order valence-electron chi connectivity index (χ2n) is 6.44. The standard InChI is InChI=1S/C19H23FN2O3/c1-24-18-13-22(19(23)7-6-16-8-10-21-25-16)11-9-15(18)12-14-4-2-3-5-17(14)20/h2-5,8,10,15,18H,6-7,9,11-13H2,1H3/t15-,18+/m1/s1. The fourth-order valence-electron chi connectivity index (χ4n) is 3.40. The molecular formula is C19H23FN2O3. The Labute approximate surface area is 146 Å². The first-order valence-electron chi connectivity index (χ1n) is 8.61. The quantitative estimate of drug-likeness (QED) is 0.807. The average molecular weight is 346 g/mol. The van der Waals surface area contributed by atoms with E-state index < -0.39 is 0 Å². The third-order valence-corrected chi connectivity index (χ3v) is 4.87. The smallest absolute Gasteiger partial charge is 0.223 e. The van der Waals surface area contributed by atoms with E-state index in [0.717, 1.165) is 6.42 Å². The zero-order valence-electron chi connectivity index (χ0n) is 14.4. The van der Waals surface area contributed by atoms with Crippen molar-refractivity contribution in [3.8, 4) is 0 Å². The number of halogens is 1. The number of benzene rings is 1. The van der Waals surface area contributed by atoms with Gasteiger partial charge in [-0.3, -0.25) is 4.79 Å². The van der Waals surface area contributed by atoms with Gasteiger partial charge in [0.15, 0.2) is 0 Å². The molecule has 5 nitrogen and oxygen atoms in total. The highest BCUT2D eigenvalue weighted by Gasteiger charge is 2.31. The van der Waals surface area contributed by atoms with Gasteiger partial charge in [-0.25, -0.2) is 4.39 Å². The van der Waals surface area contributed by atoms with E-state index in [0.29, 0.717) is 43.7 Å². The van der Waals surface area contributed by atoms with Gasteiger partial charge in [0, 0.05) is 39.1 Å². The van der Waals surface area contributed by atoms with Crippen molar-refractivity contribution in [2.75, 3.05) is 20.2 Å². The SMILES string of the molecule is CO[C@H]1CN(C(=O)CCc2ccno2)CC[C@@H]1Cc1ccccc1F. The molecule has 1 fully saturated rings. The minimum Gasteiger partial charge on any atom is -0.379 e. The summed E-state index contributed by atoms with van der Waals surface area (Å²) in [4.78, 5) is 14.3. The number of carbonyl (C=O) groups excluding carboxylic acids is 1. The minimum atomic E-state index is -0.178. The van der Waals surface area contributed by atoms with Crippen LogP contribution in [-0.4, -0.2) is 42.3 Å². The third-order valence-electron chi connectivity index (χ3n) is 4.87. The number of ether oxygens (including phenoxy) is 1. The van der Waals surface area contributed by atoms with Crippen molar-refractivity contribution in [2.45, 2.75) is 31.8 Å². The molecule has 2 atom stereocenters. The Morgan fingerprint density at radius 2 is 2.24 bits per heavy atom. The first-order chi connectivity index (χ1) is 12.2. The van der Waals surface area contributed by atoms with E-state index in [4.69, 9.17) is 9.26 Å². The number of likely N-dealkylation sites (tertiary alicyclic amines) is 1. The molecule has 0 radical (unpaired) electrons. The molecule has 0 bridgehead atoms. The van der Waals surface area contributed by atoms with Crippen LogP contribution in [-0.2, 0) is 22.4 Å². The van der Waals surface area contributed by atoms with Gasteiger partial charge in [-0.05, 0) is 30.4 Å². The van der Waals surface area contributed by atoms with Crippen molar-refractivity contribution in [2.24, 2.45) is 5.92 Å². The number of amides is 1. The molecular weight excluding hydrogens is 323 g/mol. The third kappa shape index (κ3) is 4.45. The van der Waals surface area contributed by atoms with Gasteiger partial charge in [-0.1, -0.05) is 23.4 Å². The average Bonchev–Trinajstić information content (AvgIpc) is 3.15. The molecule has 1 aliphatic heterocycles. The Morgan fingerprint density at radius 1 is 1.40 bits per heavy atom. The van der Waals surface area contributed by atoms with E-state index in [9.17, 15) is 9.18 Å². The largest absolute Gasteiger partial charge is 0.379 e. The molecule has 2 aromatic rings. The lowest BCUT2D eigenvalue weighted by Gasteiger charge is -2.38. The van der Waals surface area contributed by atoms with Gasteiger partial charge in [0.25, 0.3) is 0 Å². The van der Waals surface area contributed by atoms with Crippen LogP contribution in [0.25, 0.3) is 0 Å². The summed E-state index contributed by atoms with van der Waals surface area (Å²) >= 11 is 0. The fourth-order valence-corrected chi connectivity index (χ4v) is 3.40. The van der Waals surface area contributed by atoms with Crippen LogP contribution in [0.1, 0.15) is 24.2 Å². The van der Waals surface area contributed by atoms with E-state index in [2.05, 4.69) is 5.16 Å². The normalized spacial score (nSPS) is 20.6. The molecule has 6 heteroatoms. The molecule has 0 unspecified atom stereocenters. The van der Waals surface area contributed by atoms with Crippen molar-refractivity contribution < 1.29 is 18.4 Å². The lowest BCUT2D eigenvalue weighted by atomic mass is 9.87. The summed E-state index contributed by atoms with van der Waals surface area (Å²) < 4.78 is 24.5. The molecule has 1 aromatic carbocycles. The summed E-state index contributed by atoms with van der Waals surface area (Å²) in [6.07, 6.45) is 3.87. The number of aromatic nitrogens is 1. The predicted octanol–water partition coefficient (Wildman–Crippen LogP) is 2.85. The minimum absolute atomic E-state index is 0.0809. The number of methoxy groups -OCH3 is 1. The van der Waals surface area contributed by atoms with Gasteiger partial charge < -0.3 is 14.2 Å². The van der Waals surface area contributed by atoms with Crippen LogP contribution in [0.3, 0.4) is 0 Å². The molecule has 25 heavy (non-hydrogen) atoms. The summed E-state index contributed by atoms with van der Waals surface area (Å²) in [7, 11) is 1.65. The number of aryl methyl sites for hydroxylation is 1. The van der Waals surface area contributed by atoms with Crippen molar-refractivity contribution in [3.05, 3.63) is 53.7 Å². The molecule has 134 valence electrons. The van der Waals surface area contributed by atoms with Crippen molar-refractivity contribution >= 4 is 5.91 Å². The number of hydrogen-bond donors (Lipinski definition) is 0. The van der Waals surface area contributed by atoms with Gasteiger partial charge in [0.2, 0.25) is 5.91 Å². The number of carbonyl (C=O) groups is 1. The highest BCUT2D eigenvalue weighted by atomic mass is 19.1. The molecule has 0 N–H and O–H groups in total. The zero-order chi connectivity index (χ0) is 17.6. The van der Waals surface area contributed by atoms with Crippen molar-refractivity contribution in [1.82, 2.24) is 10.1 Å². The zero-order valence-corrected chi connectivity index (χ0v) is 14.4. The number of piperidine rings is 1. The Kier molecular flexibility index (Phi) is 5.81. The number of nitrogens with zero attached hydrogens (tertiary/aromatic N) is 2. The maximum Gasteiger partial charge on any atom is 0.223 e. The monoisotopic (exact) mass is 346 g/mol. The molecule has 0 saturated carbocycles. The van der Waals surface area contributed by atoms with Crippen LogP contribution in [0.4, 0.5) is 4.39 Å². The summed E-state index contributed by atoms with van der Waals surface area (Å²) in [5, 5.41) is 3.64. The van der Waals surface area contributed by atoms with Crippen LogP contribution >= 0.6 is 0 Å². The molecule has 3 rings (SSSR count). The van der Waals surface area contributed by atoms with Gasteiger partial charge in [0.05, 0.1) is 12.3 Å². The van der Waals surface area contributed by atoms with Crippen molar-refractivity contribution in [3.63, 3.8) is 0 Å². The first-order valence-corrected chi connectivity index (χ1v) is 8.61. The molecule has 1 aliphatic rings. The number of rotatable bonds is 6. The molecule has 0 aliphatic carbocycles. The summed E-state index contributed by atoms with van der Waals surface area (Å²) in [6.45, 7) is 1.22. The molecule has 1 aromatic heterocycles. The summed E-state index contributed by atoms with van der Waals surface area (Å²) in [5.74, 6) is 0.831. The van der Waals surface area contributed by atoms with Gasteiger partial charge in [-0.15, -0.1) is 0 Å². The van der Waals surface area contributed by atoms with Gasteiger partial charge in [-0.2, -0.15) is 0 Å². The molecule has 2 heterocycles. The van der Waals surface area contributed by atoms with E-state index in [1.54, 1.807) is 25.4 Å². The van der Waals surface area contributed by atoms with Gasteiger partial charge >= 0.3 is 0 Å². The van der Waals surface area contributed by atoms with Gasteiger partial charge in [0.1, 0.15) is 11.6 Å². The van der Waals surface area contributed by atoms with E-state index in [1.807, 2.05) is 17.0 Å². The topological polar surface area (TPSA) is 55.6 Å². The fraction of sp³-hybridized carbons (Fsp3) is 0.474. The van der Waals surface area contributed by atoms with Crippen LogP contribution in [0.15, 0.2) is 41.1 Å². The van der Waals surface area contributed by atoms with Crippen LogP contribution in [0, 0.1) is 11.7 Å². The highest BCUT2D eigenvalue weighted by molar-refractivity contribution is 5.76. The Balaban J connectivity index is 1.55. The maximum absolute atomic E-state index is 13.9. The first kappa shape index (κ1) is 17.6. The van der Waals surface area contributed by atoms with Crippen LogP contribution in [0.2, 0.25) is 0 Å². The Morgan fingerprint density at radius 3 is 2.96 bits per heavy atom. The summed E-state index contributed by atoms with van der Waals surface area (Å²) in [5.41, 5.74) is 0.708. The van der Waals surface area contributed by atoms with E-state index in [1.165, 1.54) is 6.07 Å². The predicted molar refractivity (Wildman–Crippen MR) is 90.4 cm³/mol. The summed E-state index contributed by atoms with van der Waals surface area (Å²) in [6, 6.07) is 8.62. The lowest BCUT2D eigenvalue weighted by molar-refractivity contribution is -0.136. The maximum atomic E-state index is 13.9. The second kappa shape index (κ2) is 8.25. The Bertz CT molecular complexity index is 690. The van der Waals surface area contributed by atoms with E-state index in [-0.39, 0.29) is 23.7 Å². The molecule has 1 saturated heterocycles. The van der Waals surface area contributed by atoms with E-state index >= 15 is 0 Å². The van der Waals surface area contributed by atoms with Crippen LogP contribution in [0.5, 0.6) is 0 Å². The molecule has 1 amide bonds. The van der Waals surface area contributed by atoms with Crippen molar-refractivity contribution in [1.29, 1.82) is 0 Å². The lowest BCUT2D eigenvalue weighted by Crippen LogP contribution is -2.48. The molecule has 0 spiro atoms.